The largest absolute Gasteiger partial charge is 0.351 e. The van der Waals surface area contributed by atoms with Gasteiger partial charge in [-0.3, -0.25) is 4.98 Å². The lowest BCUT2D eigenvalue weighted by Crippen LogP contribution is -2.30. The monoisotopic (exact) mass is 410 g/mol. The third-order valence-corrected chi connectivity index (χ3v) is 5.87. The molecule has 1 aliphatic heterocycles. The van der Waals surface area contributed by atoms with Crippen LogP contribution in [0.25, 0.3) is 5.69 Å². The maximum atomic E-state index is 5.82. The van der Waals surface area contributed by atoms with Crippen LogP contribution >= 0.6 is 12.2 Å². The van der Waals surface area contributed by atoms with Crippen LogP contribution in [0.15, 0.2) is 97.2 Å². The van der Waals surface area contributed by atoms with Crippen LogP contribution < -0.4 is 10.2 Å². The highest BCUT2D eigenvalue weighted by molar-refractivity contribution is 7.80. The minimum atomic E-state index is -0.0596. The summed E-state index contributed by atoms with van der Waals surface area (Å²) in [5.74, 6) is 0. The highest BCUT2D eigenvalue weighted by Crippen LogP contribution is 2.42. The van der Waals surface area contributed by atoms with Gasteiger partial charge in [-0.1, -0.05) is 42.5 Å². The number of rotatable bonds is 4. The molecule has 4 nitrogen and oxygen atoms in total. The molecule has 2 aromatic carbocycles. The Morgan fingerprint density at radius 2 is 1.47 bits per heavy atom. The van der Waals surface area contributed by atoms with Crippen molar-refractivity contribution in [1.82, 2.24) is 14.9 Å². The second kappa shape index (κ2) is 7.76. The number of thiocarbonyl (C=S) groups is 1. The van der Waals surface area contributed by atoms with Crippen LogP contribution in [0.3, 0.4) is 0 Å². The van der Waals surface area contributed by atoms with E-state index in [0.29, 0.717) is 5.11 Å². The summed E-state index contributed by atoms with van der Waals surface area (Å²) in [4.78, 5) is 6.86. The molecule has 1 saturated heterocycles. The first-order valence-corrected chi connectivity index (χ1v) is 10.4. The van der Waals surface area contributed by atoms with Gasteiger partial charge in [-0.2, -0.15) is 0 Å². The first-order valence-electron chi connectivity index (χ1n) is 10.0. The summed E-state index contributed by atoms with van der Waals surface area (Å²) in [6.07, 6.45) is 1.84. The number of hydrogen-bond acceptors (Lipinski definition) is 2. The summed E-state index contributed by atoms with van der Waals surface area (Å²) in [6.45, 7) is 2.14. The highest BCUT2D eigenvalue weighted by atomic mass is 32.1. The van der Waals surface area contributed by atoms with Crippen LogP contribution in [0.5, 0.6) is 0 Å². The lowest BCUT2D eigenvalue weighted by molar-refractivity contribution is 0.548. The fourth-order valence-electron chi connectivity index (χ4n) is 4.24. The Bertz CT molecular complexity index is 1160. The summed E-state index contributed by atoms with van der Waals surface area (Å²) in [6, 6.07) is 31.1. The van der Waals surface area contributed by atoms with Crippen LogP contribution in [-0.4, -0.2) is 14.7 Å². The number of para-hydroxylation sites is 2. The molecule has 148 valence electrons. The molecule has 0 aliphatic carbocycles. The lowest BCUT2D eigenvalue weighted by Gasteiger charge is -2.29. The Labute approximate surface area is 181 Å². The number of pyridine rings is 1. The number of hydrogen-bond donors (Lipinski definition) is 1. The van der Waals surface area contributed by atoms with Crippen molar-refractivity contribution in [1.29, 1.82) is 0 Å². The van der Waals surface area contributed by atoms with E-state index in [1.807, 2.05) is 42.6 Å². The van der Waals surface area contributed by atoms with E-state index in [0.717, 1.165) is 17.1 Å². The lowest BCUT2D eigenvalue weighted by atomic mass is 10.0. The molecular weight excluding hydrogens is 388 g/mol. The van der Waals surface area contributed by atoms with Gasteiger partial charge in [-0.15, -0.1) is 0 Å². The van der Waals surface area contributed by atoms with Gasteiger partial charge in [-0.25, -0.2) is 0 Å². The average Bonchev–Trinajstić information content (AvgIpc) is 3.35. The van der Waals surface area contributed by atoms with Crippen molar-refractivity contribution < 1.29 is 0 Å². The van der Waals surface area contributed by atoms with Gasteiger partial charge < -0.3 is 14.8 Å². The summed E-state index contributed by atoms with van der Waals surface area (Å²) in [5.41, 5.74) is 5.53. The van der Waals surface area contributed by atoms with Crippen molar-refractivity contribution in [2.45, 2.75) is 19.0 Å². The highest BCUT2D eigenvalue weighted by Gasteiger charge is 2.42. The van der Waals surface area contributed by atoms with E-state index < -0.39 is 0 Å². The SMILES string of the molecule is Cc1ccc([C@@H]2[C@@H](c3ccccn3)NC(=S)N2c2ccccc2)n1-c1ccccc1. The fraction of sp³-hybridized carbons (Fsp3) is 0.120. The Balaban J connectivity index is 1.70. The van der Waals surface area contributed by atoms with Crippen LogP contribution in [0.1, 0.15) is 29.2 Å². The van der Waals surface area contributed by atoms with Crippen molar-refractivity contribution in [3.8, 4) is 5.69 Å². The Kier molecular flexibility index (Phi) is 4.81. The molecule has 2 atom stereocenters. The normalized spacial score (nSPS) is 18.4. The minimum absolute atomic E-state index is 0.0382. The van der Waals surface area contributed by atoms with Gasteiger partial charge in [0.1, 0.15) is 6.04 Å². The maximum Gasteiger partial charge on any atom is 0.174 e. The quantitative estimate of drug-likeness (QED) is 0.459. The first kappa shape index (κ1) is 18.6. The van der Waals surface area contributed by atoms with E-state index in [-0.39, 0.29) is 12.1 Å². The van der Waals surface area contributed by atoms with Crippen LogP contribution in [0.4, 0.5) is 5.69 Å². The zero-order valence-electron chi connectivity index (χ0n) is 16.6. The van der Waals surface area contributed by atoms with Crippen LogP contribution in [-0.2, 0) is 0 Å². The van der Waals surface area contributed by atoms with E-state index >= 15 is 0 Å². The van der Waals surface area contributed by atoms with E-state index in [1.165, 1.54) is 11.4 Å². The molecule has 30 heavy (non-hydrogen) atoms. The fourth-order valence-corrected chi connectivity index (χ4v) is 4.59. The molecule has 0 unspecified atom stereocenters. The summed E-state index contributed by atoms with van der Waals surface area (Å²) in [5, 5.41) is 4.25. The van der Waals surface area contributed by atoms with Crippen LogP contribution in [0.2, 0.25) is 0 Å². The van der Waals surface area contributed by atoms with Gasteiger partial charge in [0.15, 0.2) is 5.11 Å². The summed E-state index contributed by atoms with van der Waals surface area (Å²) < 4.78 is 2.31. The van der Waals surface area contributed by atoms with E-state index in [9.17, 15) is 0 Å². The summed E-state index contributed by atoms with van der Waals surface area (Å²) in [7, 11) is 0. The molecule has 2 aromatic heterocycles. The first-order chi connectivity index (χ1) is 14.7. The molecule has 5 rings (SSSR count). The Hall–Kier alpha value is -3.44. The van der Waals surface area contributed by atoms with Gasteiger partial charge in [-0.05, 0) is 67.7 Å². The number of anilines is 1. The van der Waals surface area contributed by atoms with Gasteiger partial charge in [0, 0.05) is 29.0 Å². The molecule has 3 heterocycles. The number of aryl methyl sites for hydroxylation is 1. The van der Waals surface area contributed by atoms with Crippen molar-refractivity contribution in [2.24, 2.45) is 0 Å². The topological polar surface area (TPSA) is 33.1 Å². The van der Waals surface area contributed by atoms with Crippen molar-refractivity contribution in [3.05, 3.63) is 114 Å². The van der Waals surface area contributed by atoms with Gasteiger partial charge in [0.05, 0.1) is 11.7 Å². The number of nitrogens with zero attached hydrogens (tertiary/aromatic N) is 3. The predicted molar refractivity (Wildman–Crippen MR) is 125 cm³/mol. The molecule has 0 spiro atoms. The zero-order valence-corrected chi connectivity index (χ0v) is 17.5. The van der Waals surface area contributed by atoms with Gasteiger partial charge >= 0.3 is 0 Å². The standard InChI is InChI=1S/C25H22N4S/c1-18-15-16-22(28(18)19-10-4-2-5-11-19)24-23(21-14-8-9-17-26-21)27-25(30)29(24)20-12-6-3-7-13-20/h2-17,23-24H,1H3,(H,27,30)/t23-,24-/m1/s1. The molecule has 1 N–H and O–H groups in total. The molecule has 0 amide bonds. The smallest absolute Gasteiger partial charge is 0.174 e. The number of aromatic nitrogens is 2. The number of nitrogens with one attached hydrogen (secondary N) is 1. The third kappa shape index (κ3) is 3.17. The van der Waals surface area contributed by atoms with Crippen molar-refractivity contribution in [2.75, 3.05) is 4.90 Å². The molecule has 1 aliphatic rings. The second-order valence-electron chi connectivity index (χ2n) is 7.40. The predicted octanol–water partition coefficient (Wildman–Crippen LogP) is 5.36. The summed E-state index contributed by atoms with van der Waals surface area (Å²) >= 11 is 5.82. The van der Waals surface area contributed by atoms with Crippen LogP contribution in [0, 0.1) is 6.92 Å². The molecule has 0 radical (unpaired) electrons. The Morgan fingerprint density at radius 3 is 2.13 bits per heavy atom. The number of benzene rings is 2. The van der Waals surface area contributed by atoms with Crippen molar-refractivity contribution in [3.63, 3.8) is 0 Å². The molecule has 0 saturated carbocycles. The average molecular weight is 411 g/mol. The second-order valence-corrected chi connectivity index (χ2v) is 7.79. The minimum Gasteiger partial charge on any atom is -0.351 e. The van der Waals surface area contributed by atoms with E-state index in [4.69, 9.17) is 12.2 Å². The molecule has 0 bridgehead atoms. The van der Waals surface area contributed by atoms with Gasteiger partial charge in [0.2, 0.25) is 0 Å². The molecule has 4 aromatic rings. The Morgan fingerprint density at radius 1 is 0.800 bits per heavy atom. The molecule has 5 heteroatoms. The van der Waals surface area contributed by atoms with E-state index in [2.05, 4.69) is 81.3 Å². The molecular formula is C25H22N4S. The maximum absolute atomic E-state index is 5.82. The molecule has 1 fully saturated rings. The van der Waals surface area contributed by atoms with Crippen molar-refractivity contribution >= 4 is 23.0 Å². The zero-order chi connectivity index (χ0) is 20.5. The van der Waals surface area contributed by atoms with Gasteiger partial charge in [0.25, 0.3) is 0 Å². The third-order valence-electron chi connectivity index (χ3n) is 5.56. The van der Waals surface area contributed by atoms with E-state index in [1.54, 1.807) is 0 Å².